The number of anilines is 1. The molecular formula is C22H26N4O2. The molecule has 0 bridgehead atoms. The minimum atomic E-state index is -0.285. The molecular weight excluding hydrogens is 352 g/mol. The first-order valence-corrected chi connectivity index (χ1v) is 9.45. The number of rotatable bonds is 5. The Hall–Kier alpha value is -3.04. The van der Waals surface area contributed by atoms with E-state index < -0.39 is 0 Å². The van der Waals surface area contributed by atoms with Gasteiger partial charge in [0.1, 0.15) is 11.8 Å². The van der Waals surface area contributed by atoms with Gasteiger partial charge in [-0.25, -0.2) is 0 Å². The van der Waals surface area contributed by atoms with Crippen molar-refractivity contribution in [3.63, 3.8) is 0 Å². The highest BCUT2D eigenvalue weighted by Crippen LogP contribution is 2.28. The maximum atomic E-state index is 12.9. The van der Waals surface area contributed by atoms with Gasteiger partial charge in [-0.1, -0.05) is 30.3 Å². The molecule has 1 N–H and O–H groups in total. The summed E-state index contributed by atoms with van der Waals surface area (Å²) in [5.41, 5.74) is 2.65. The molecule has 146 valence electrons. The second kappa shape index (κ2) is 8.77. The van der Waals surface area contributed by atoms with Crippen LogP contribution in [0.15, 0.2) is 48.5 Å². The number of phenols is 1. The van der Waals surface area contributed by atoms with E-state index in [2.05, 4.69) is 15.9 Å². The van der Waals surface area contributed by atoms with Gasteiger partial charge in [0.2, 0.25) is 5.91 Å². The van der Waals surface area contributed by atoms with Crippen LogP contribution in [0.4, 0.5) is 5.69 Å². The largest absolute Gasteiger partial charge is 0.508 e. The zero-order chi connectivity index (χ0) is 20.1. The summed E-state index contributed by atoms with van der Waals surface area (Å²) in [6.45, 7) is 3.07. The quantitative estimate of drug-likeness (QED) is 0.865. The lowest BCUT2D eigenvalue weighted by atomic mass is 10.0. The number of carbonyl (C=O) groups excluding carboxylic acids is 1. The first-order valence-electron chi connectivity index (χ1n) is 9.45. The summed E-state index contributed by atoms with van der Waals surface area (Å²) in [5.74, 6) is 0.241. The molecule has 6 nitrogen and oxygen atoms in total. The van der Waals surface area contributed by atoms with Gasteiger partial charge in [0, 0.05) is 51.5 Å². The molecule has 1 fully saturated rings. The van der Waals surface area contributed by atoms with Gasteiger partial charge in [0.05, 0.1) is 12.5 Å². The number of benzene rings is 2. The molecule has 0 aliphatic carbocycles. The maximum Gasteiger partial charge on any atom is 0.244 e. The third kappa shape index (κ3) is 4.26. The molecule has 2 aromatic rings. The molecule has 2 aromatic carbocycles. The van der Waals surface area contributed by atoms with E-state index in [0.717, 1.165) is 37.4 Å². The first-order chi connectivity index (χ1) is 13.5. The molecule has 0 radical (unpaired) electrons. The van der Waals surface area contributed by atoms with Crippen molar-refractivity contribution in [3.05, 3.63) is 59.7 Å². The van der Waals surface area contributed by atoms with Gasteiger partial charge in [0.25, 0.3) is 0 Å². The van der Waals surface area contributed by atoms with Crippen LogP contribution in [0.2, 0.25) is 0 Å². The summed E-state index contributed by atoms with van der Waals surface area (Å²) in [7, 11) is 3.59. The van der Waals surface area contributed by atoms with Crippen LogP contribution in [-0.4, -0.2) is 61.1 Å². The van der Waals surface area contributed by atoms with Crippen molar-refractivity contribution in [1.82, 2.24) is 9.80 Å². The number of hydrogen-bond acceptors (Lipinski definition) is 5. The lowest BCUT2D eigenvalue weighted by Crippen LogP contribution is -2.51. The Morgan fingerprint density at radius 2 is 1.82 bits per heavy atom. The highest BCUT2D eigenvalue weighted by molar-refractivity contribution is 5.83. The van der Waals surface area contributed by atoms with Crippen molar-refractivity contribution < 1.29 is 9.90 Å². The van der Waals surface area contributed by atoms with Crippen LogP contribution in [0.5, 0.6) is 5.75 Å². The fourth-order valence-corrected chi connectivity index (χ4v) is 3.62. The molecule has 1 saturated heterocycles. The molecule has 0 spiro atoms. The summed E-state index contributed by atoms with van der Waals surface area (Å²) in [4.78, 5) is 19.0. The van der Waals surface area contributed by atoms with Crippen LogP contribution in [-0.2, 0) is 11.2 Å². The fraction of sp³-hybridized carbons (Fsp3) is 0.364. The van der Waals surface area contributed by atoms with E-state index in [1.54, 1.807) is 25.1 Å². The van der Waals surface area contributed by atoms with E-state index >= 15 is 0 Å². The number of aromatic hydroxyl groups is 1. The van der Waals surface area contributed by atoms with Crippen LogP contribution >= 0.6 is 0 Å². The third-order valence-corrected chi connectivity index (χ3v) is 5.17. The van der Waals surface area contributed by atoms with Gasteiger partial charge < -0.3 is 14.9 Å². The van der Waals surface area contributed by atoms with E-state index in [4.69, 9.17) is 5.26 Å². The summed E-state index contributed by atoms with van der Waals surface area (Å²) < 4.78 is 0. The number of phenolic OH excluding ortho intramolecular Hbond substituents is 1. The minimum Gasteiger partial charge on any atom is -0.508 e. The van der Waals surface area contributed by atoms with E-state index in [1.807, 2.05) is 42.5 Å². The van der Waals surface area contributed by atoms with Crippen LogP contribution in [0.3, 0.4) is 0 Å². The molecule has 1 aliphatic rings. The fourth-order valence-electron chi connectivity index (χ4n) is 3.62. The van der Waals surface area contributed by atoms with Crippen molar-refractivity contribution in [3.8, 4) is 11.8 Å². The SMILES string of the molecule is CN(C)C(=O)C(c1ccccc1)N1CCN(c2ccc(O)c(CC#N)c2)CC1. The van der Waals surface area contributed by atoms with Gasteiger partial charge in [-0.15, -0.1) is 0 Å². The van der Waals surface area contributed by atoms with E-state index in [1.165, 1.54) is 0 Å². The zero-order valence-corrected chi connectivity index (χ0v) is 16.4. The van der Waals surface area contributed by atoms with Crippen molar-refractivity contribution in [1.29, 1.82) is 5.26 Å². The van der Waals surface area contributed by atoms with Gasteiger partial charge in [0.15, 0.2) is 0 Å². The summed E-state index contributed by atoms with van der Waals surface area (Å²) in [6, 6.07) is 17.1. The van der Waals surface area contributed by atoms with Gasteiger partial charge >= 0.3 is 0 Å². The predicted octanol–water partition coefficient (Wildman–Crippen LogP) is 2.41. The van der Waals surface area contributed by atoms with Crippen LogP contribution in [0, 0.1) is 11.3 Å². The molecule has 3 rings (SSSR count). The monoisotopic (exact) mass is 378 g/mol. The Kier molecular flexibility index (Phi) is 6.17. The first kappa shape index (κ1) is 19.7. The average molecular weight is 378 g/mol. The average Bonchev–Trinajstić information content (AvgIpc) is 2.71. The molecule has 0 aromatic heterocycles. The van der Waals surface area contributed by atoms with Crippen molar-refractivity contribution >= 4 is 11.6 Å². The molecule has 1 atom stereocenters. The Balaban J connectivity index is 1.75. The molecule has 0 saturated carbocycles. The topological polar surface area (TPSA) is 70.8 Å². The Morgan fingerprint density at radius 3 is 2.43 bits per heavy atom. The third-order valence-electron chi connectivity index (χ3n) is 5.17. The van der Waals surface area contributed by atoms with Gasteiger partial charge in [-0.3, -0.25) is 9.69 Å². The minimum absolute atomic E-state index is 0.0839. The number of piperazine rings is 1. The number of nitrogens with zero attached hydrogens (tertiary/aromatic N) is 4. The number of nitriles is 1. The Labute approximate surface area is 166 Å². The number of amides is 1. The lowest BCUT2D eigenvalue weighted by Gasteiger charge is -2.40. The molecule has 1 amide bonds. The van der Waals surface area contributed by atoms with E-state index in [0.29, 0.717) is 5.56 Å². The predicted molar refractivity (Wildman–Crippen MR) is 109 cm³/mol. The summed E-state index contributed by atoms with van der Waals surface area (Å²) in [6.07, 6.45) is 0.188. The summed E-state index contributed by atoms with van der Waals surface area (Å²) in [5, 5.41) is 18.8. The second-order valence-corrected chi connectivity index (χ2v) is 7.22. The van der Waals surface area contributed by atoms with Gasteiger partial charge in [-0.05, 0) is 23.8 Å². The Bertz CT molecular complexity index is 853. The van der Waals surface area contributed by atoms with Crippen LogP contribution in [0.25, 0.3) is 0 Å². The molecule has 1 aliphatic heterocycles. The molecule has 1 heterocycles. The lowest BCUT2D eigenvalue weighted by molar-refractivity contribution is -0.134. The van der Waals surface area contributed by atoms with Crippen molar-refractivity contribution in [2.24, 2.45) is 0 Å². The van der Waals surface area contributed by atoms with E-state index in [9.17, 15) is 9.90 Å². The highest BCUT2D eigenvalue weighted by Gasteiger charge is 2.31. The molecule has 1 unspecified atom stereocenters. The van der Waals surface area contributed by atoms with Crippen LogP contribution < -0.4 is 4.90 Å². The van der Waals surface area contributed by atoms with Crippen molar-refractivity contribution in [2.75, 3.05) is 45.2 Å². The second-order valence-electron chi connectivity index (χ2n) is 7.22. The van der Waals surface area contributed by atoms with Crippen LogP contribution in [0.1, 0.15) is 17.2 Å². The normalized spacial score (nSPS) is 15.7. The molecule has 6 heteroatoms. The standard InChI is InChI=1S/C22H26N4O2/c1-24(2)22(28)21(17-6-4-3-5-7-17)26-14-12-25(13-15-26)19-8-9-20(27)18(16-19)10-11-23/h3-9,16,21,27H,10,12-15H2,1-2H3. The maximum absolute atomic E-state index is 12.9. The molecule has 28 heavy (non-hydrogen) atoms. The highest BCUT2D eigenvalue weighted by atomic mass is 16.3. The number of likely N-dealkylation sites (N-methyl/N-ethyl adjacent to an activating group) is 1. The zero-order valence-electron chi connectivity index (χ0n) is 16.4. The Morgan fingerprint density at radius 1 is 1.14 bits per heavy atom. The number of hydrogen-bond donors (Lipinski definition) is 1. The smallest absolute Gasteiger partial charge is 0.244 e. The summed E-state index contributed by atoms with van der Waals surface area (Å²) >= 11 is 0. The van der Waals surface area contributed by atoms with Crippen molar-refractivity contribution in [2.45, 2.75) is 12.5 Å². The van der Waals surface area contributed by atoms with Gasteiger partial charge in [-0.2, -0.15) is 5.26 Å². The number of carbonyl (C=O) groups is 1. The van der Waals surface area contributed by atoms with E-state index in [-0.39, 0.29) is 24.1 Å².